The van der Waals surface area contributed by atoms with Gasteiger partial charge in [-0.25, -0.2) is 0 Å². The van der Waals surface area contributed by atoms with Gasteiger partial charge in [0.25, 0.3) is 0 Å². The van der Waals surface area contributed by atoms with Crippen molar-refractivity contribution in [3.63, 3.8) is 0 Å². The number of ether oxygens (including phenoxy) is 4. The minimum absolute atomic E-state index is 0.179. The average Bonchev–Trinajstić information content (AvgIpc) is 3.21. The van der Waals surface area contributed by atoms with E-state index >= 15 is 0 Å². The van der Waals surface area contributed by atoms with Crippen LogP contribution in [0.4, 0.5) is 0 Å². The van der Waals surface area contributed by atoms with Gasteiger partial charge in [0.1, 0.15) is 31.0 Å². The van der Waals surface area contributed by atoms with Crippen LogP contribution >= 0.6 is 0 Å². The van der Waals surface area contributed by atoms with Crippen LogP contribution in [0.2, 0.25) is 0 Å². The van der Waals surface area contributed by atoms with Crippen LogP contribution in [0, 0.1) is 0 Å². The van der Waals surface area contributed by atoms with Gasteiger partial charge in [0, 0.05) is 12.8 Å². The lowest BCUT2D eigenvalue weighted by Crippen LogP contribution is -2.59. The van der Waals surface area contributed by atoms with E-state index in [0.29, 0.717) is 12.8 Å². The fourth-order valence-electron chi connectivity index (χ4n) is 6.54. The molecule has 1 rings (SSSR count). The van der Waals surface area contributed by atoms with Crippen LogP contribution < -0.4 is 0 Å². The molecule has 330 valence electrons. The zero-order valence-corrected chi connectivity index (χ0v) is 35.8. The first-order valence-corrected chi connectivity index (χ1v) is 22.7. The molecule has 1 aliphatic heterocycles. The summed E-state index contributed by atoms with van der Waals surface area (Å²) in [5, 5.41) is 40.1. The van der Waals surface area contributed by atoms with E-state index in [9.17, 15) is 30.0 Å². The Morgan fingerprint density at radius 2 is 0.982 bits per heavy atom. The zero-order chi connectivity index (χ0) is 41.6. The van der Waals surface area contributed by atoms with Crippen molar-refractivity contribution < 1.29 is 49.0 Å². The Balaban J connectivity index is 2.36. The van der Waals surface area contributed by atoms with E-state index in [2.05, 4.69) is 62.5 Å². The molecule has 1 saturated heterocycles. The Morgan fingerprint density at radius 1 is 0.544 bits per heavy atom. The molecule has 4 N–H and O–H groups in total. The number of aliphatic hydroxyl groups is 4. The first-order chi connectivity index (χ1) is 27.8. The van der Waals surface area contributed by atoms with Crippen molar-refractivity contribution in [2.75, 3.05) is 19.8 Å². The Morgan fingerprint density at radius 3 is 1.56 bits per heavy atom. The molecule has 1 heterocycles. The summed E-state index contributed by atoms with van der Waals surface area (Å²) in [6.45, 7) is 3.34. The average molecular weight is 807 g/mol. The van der Waals surface area contributed by atoms with Crippen molar-refractivity contribution in [1.29, 1.82) is 0 Å². The van der Waals surface area contributed by atoms with Gasteiger partial charge in [-0.15, -0.1) is 0 Å². The first kappa shape index (κ1) is 52.7. The van der Waals surface area contributed by atoms with Gasteiger partial charge >= 0.3 is 11.9 Å². The SMILES string of the molecule is CCCCC/C=C/C/C=C/C/C=C/CCCCC(=O)O[C@@H](COC(=O)CCCCCCCCC/C=C/CCCCCCCC)CO[C@H]1O[C@@H](CO)[C@@H](O)C(O)C1O. The van der Waals surface area contributed by atoms with Crippen LogP contribution in [0.1, 0.15) is 181 Å². The number of unbranched alkanes of at least 4 members (excludes halogenated alkanes) is 18. The summed E-state index contributed by atoms with van der Waals surface area (Å²) in [5.41, 5.74) is 0. The number of aliphatic hydroxyl groups excluding tert-OH is 4. The van der Waals surface area contributed by atoms with Gasteiger partial charge in [-0.3, -0.25) is 9.59 Å². The van der Waals surface area contributed by atoms with Gasteiger partial charge in [-0.1, -0.05) is 140 Å². The van der Waals surface area contributed by atoms with Crippen molar-refractivity contribution in [1.82, 2.24) is 0 Å². The summed E-state index contributed by atoms with van der Waals surface area (Å²) in [6.07, 6.45) is 36.9. The molecule has 0 aromatic carbocycles. The van der Waals surface area contributed by atoms with Gasteiger partial charge < -0.3 is 39.4 Å². The van der Waals surface area contributed by atoms with Crippen molar-refractivity contribution in [2.45, 2.75) is 218 Å². The number of carbonyl (C=O) groups is 2. The quantitative estimate of drug-likeness (QED) is 0.0271. The third-order valence-electron chi connectivity index (χ3n) is 10.2. The third kappa shape index (κ3) is 29.5. The highest BCUT2D eigenvalue weighted by Crippen LogP contribution is 2.22. The van der Waals surface area contributed by atoms with Gasteiger partial charge in [-0.2, -0.15) is 0 Å². The molecule has 10 heteroatoms. The van der Waals surface area contributed by atoms with Crippen LogP contribution in [0.5, 0.6) is 0 Å². The summed E-state index contributed by atoms with van der Waals surface area (Å²) < 4.78 is 22.1. The van der Waals surface area contributed by atoms with E-state index in [0.717, 1.165) is 57.8 Å². The number of esters is 2. The van der Waals surface area contributed by atoms with Crippen molar-refractivity contribution >= 4 is 11.9 Å². The maximum atomic E-state index is 12.7. The summed E-state index contributed by atoms with van der Waals surface area (Å²) in [6, 6.07) is 0. The van der Waals surface area contributed by atoms with Crippen molar-refractivity contribution in [2.24, 2.45) is 0 Å². The molecule has 1 aliphatic rings. The molecule has 0 spiro atoms. The molecule has 0 saturated carbocycles. The Hall–Kier alpha value is -2.34. The maximum Gasteiger partial charge on any atom is 0.306 e. The van der Waals surface area contributed by atoms with E-state index in [-0.39, 0.29) is 26.1 Å². The fourth-order valence-corrected chi connectivity index (χ4v) is 6.54. The van der Waals surface area contributed by atoms with E-state index in [1.54, 1.807) is 0 Å². The molecule has 0 aromatic heterocycles. The van der Waals surface area contributed by atoms with Gasteiger partial charge in [-0.05, 0) is 77.0 Å². The van der Waals surface area contributed by atoms with Crippen LogP contribution in [-0.2, 0) is 28.5 Å². The topological polar surface area (TPSA) is 152 Å². The second-order valence-electron chi connectivity index (χ2n) is 15.5. The van der Waals surface area contributed by atoms with Crippen LogP contribution in [-0.4, -0.2) is 89.0 Å². The highest BCUT2D eigenvalue weighted by molar-refractivity contribution is 5.70. The second kappa shape index (κ2) is 37.9. The Labute approximate surface area is 346 Å². The lowest BCUT2D eigenvalue weighted by Gasteiger charge is -2.39. The summed E-state index contributed by atoms with van der Waals surface area (Å²) in [5.74, 6) is -0.857. The molecule has 1 fully saturated rings. The molecule has 0 aliphatic carbocycles. The molecule has 10 nitrogen and oxygen atoms in total. The van der Waals surface area contributed by atoms with E-state index in [4.69, 9.17) is 18.9 Å². The molecule has 0 aromatic rings. The Kier molecular flexibility index (Phi) is 35.0. The zero-order valence-electron chi connectivity index (χ0n) is 35.8. The highest BCUT2D eigenvalue weighted by Gasteiger charge is 2.44. The number of carbonyl (C=O) groups excluding carboxylic acids is 2. The Bertz CT molecular complexity index is 1070. The third-order valence-corrected chi connectivity index (χ3v) is 10.2. The number of hydrogen-bond acceptors (Lipinski definition) is 10. The highest BCUT2D eigenvalue weighted by atomic mass is 16.7. The predicted octanol–water partition coefficient (Wildman–Crippen LogP) is 9.67. The molecule has 0 amide bonds. The number of rotatable bonds is 37. The molecule has 0 bridgehead atoms. The fraction of sp³-hybridized carbons (Fsp3) is 0.787. The minimum atomic E-state index is -1.60. The number of hydrogen-bond donors (Lipinski definition) is 4. The smallest absolute Gasteiger partial charge is 0.306 e. The van der Waals surface area contributed by atoms with Gasteiger partial charge in [0.2, 0.25) is 0 Å². The lowest BCUT2D eigenvalue weighted by molar-refractivity contribution is -0.305. The van der Waals surface area contributed by atoms with Crippen LogP contribution in [0.25, 0.3) is 0 Å². The lowest BCUT2D eigenvalue weighted by atomic mass is 9.99. The van der Waals surface area contributed by atoms with Gasteiger partial charge in [0.05, 0.1) is 13.2 Å². The summed E-state index contributed by atoms with van der Waals surface area (Å²) >= 11 is 0. The molecular formula is C47H82O10. The molecular weight excluding hydrogens is 725 g/mol. The molecule has 2 unspecified atom stereocenters. The summed E-state index contributed by atoms with van der Waals surface area (Å²) in [4.78, 5) is 25.3. The molecule has 57 heavy (non-hydrogen) atoms. The van der Waals surface area contributed by atoms with Crippen LogP contribution in [0.15, 0.2) is 48.6 Å². The standard InChI is InChI=1S/C47H82O10/c1-3-5-7-9-11-13-15-17-19-20-22-23-25-27-29-31-33-35-42(49)54-38-40(39-55-47-46(53)45(52)44(51)41(37-48)57-47)56-43(50)36-34-32-30-28-26-24-21-18-16-14-12-10-8-6-4-2/h12,14,17-19,21,26,28,40-41,44-48,51-53H,3-11,13,15-16,20,22-25,27,29-39H2,1-2H3/b14-12+,19-17+,21-18+,28-26+/t40-,41-,44+,45?,46?,47-/m0/s1. The van der Waals surface area contributed by atoms with Gasteiger partial charge in [0.15, 0.2) is 12.4 Å². The van der Waals surface area contributed by atoms with E-state index < -0.39 is 55.4 Å². The largest absolute Gasteiger partial charge is 0.462 e. The second-order valence-corrected chi connectivity index (χ2v) is 15.5. The molecule has 0 radical (unpaired) electrons. The number of allylic oxidation sites excluding steroid dienone is 8. The van der Waals surface area contributed by atoms with E-state index in [1.165, 1.54) is 83.5 Å². The van der Waals surface area contributed by atoms with E-state index in [1.807, 2.05) is 0 Å². The summed E-state index contributed by atoms with van der Waals surface area (Å²) in [7, 11) is 0. The monoisotopic (exact) mass is 807 g/mol. The van der Waals surface area contributed by atoms with Crippen molar-refractivity contribution in [3.05, 3.63) is 48.6 Å². The normalized spacial score (nSPS) is 20.7. The maximum absolute atomic E-state index is 12.7. The minimum Gasteiger partial charge on any atom is -0.462 e. The molecule has 6 atom stereocenters. The van der Waals surface area contributed by atoms with Crippen LogP contribution in [0.3, 0.4) is 0 Å². The predicted molar refractivity (Wildman–Crippen MR) is 229 cm³/mol. The first-order valence-electron chi connectivity index (χ1n) is 22.7. The van der Waals surface area contributed by atoms with Crippen molar-refractivity contribution in [3.8, 4) is 0 Å².